The van der Waals surface area contributed by atoms with Crippen molar-refractivity contribution in [1.29, 1.82) is 5.41 Å². The zero-order chi connectivity index (χ0) is 12.3. The smallest absolute Gasteiger partial charge is 0.205 e. The SMILES string of the molecule is COc1cc(C(=N)N)c(N)c(OC)c1OC. The number of rotatable bonds is 4. The first kappa shape index (κ1) is 12.0. The summed E-state index contributed by atoms with van der Waals surface area (Å²) in [5, 5.41) is 7.39. The Labute approximate surface area is 93.6 Å². The third-order valence-electron chi connectivity index (χ3n) is 2.16. The Kier molecular flexibility index (Phi) is 3.44. The predicted molar refractivity (Wildman–Crippen MR) is 61.5 cm³/mol. The van der Waals surface area contributed by atoms with E-state index in [1.807, 2.05) is 0 Å². The minimum atomic E-state index is -0.156. The molecule has 0 saturated heterocycles. The molecule has 0 aliphatic carbocycles. The zero-order valence-electron chi connectivity index (χ0n) is 9.46. The number of amidine groups is 1. The van der Waals surface area contributed by atoms with E-state index in [1.165, 1.54) is 21.3 Å². The number of nitrogens with one attached hydrogen (secondary N) is 1. The van der Waals surface area contributed by atoms with Gasteiger partial charge in [-0.25, -0.2) is 0 Å². The average Bonchev–Trinajstić information content (AvgIpc) is 2.27. The second-order valence-electron chi connectivity index (χ2n) is 3.02. The lowest BCUT2D eigenvalue weighted by atomic mass is 10.1. The first-order valence-corrected chi connectivity index (χ1v) is 4.49. The van der Waals surface area contributed by atoms with Crippen LogP contribution in [-0.2, 0) is 0 Å². The van der Waals surface area contributed by atoms with E-state index in [2.05, 4.69) is 0 Å². The largest absolute Gasteiger partial charge is 0.493 e. The molecule has 6 nitrogen and oxygen atoms in total. The monoisotopic (exact) mass is 225 g/mol. The molecule has 0 heterocycles. The molecule has 0 radical (unpaired) electrons. The predicted octanol–water partition coefficient (Wildman–Crippen LogP) is 0.579. The highest BCUT2D eigenvalue weighted by atomic mass is 16.5. The fourth-order valence-electron chi connectivity index (χ4n) is 1.40. The van der Waals surface area contributed by atoms with E-state index in [9.17, 15) is 0 Å². The molecule has 0 aliphatic rings. The van der Waals surface area contributed by atoms with E-state index in [0.29, 0.717) is 22.8 Å². The molecule has 16 heavy (non-hydrogen) atoms. The summed E-state index contributed by atoms with van der Waals surface area (Å²) in [5.74, 6) is 0.954. The Hall–Kier alpha value is -2.11. The molecule has 1 aromatic rings. The summed E-state index contributed by atoms with van der Waals surface area (Å²) in [7, 11) is 4.42. The molecular formula is C10H15N3O3. The summed E-state index contributed by atoms with van der Waals surface area (Å²) >= 11 is 0. The number of ether oxygens (including phenoxy) is 3. The van der Waals surface area contributed by atoms with Gasteiger partial charge in [-0.1, -0.05) is 0 Å². The van der Waals surface area contributed by atoms with Gasteiger partial charge in [-0.3, -0.25) is 5.41 Å². The maximum Gasteiger partial charge on any atom is 0.205 e. The van der Waals surface area contributed by atoms with Crippen LogP contribution in [-0.4, -0.2) is 27.2 Å². The molecule has 0 aliphatic heterocycles. The topological polar surface area (TPSA) is 104 Å². The number of hydrogen-bond acceptors (Lipinski definition) is 5. The van der Waals surface area contributed by atoms with Gasteiger partial charge in [-0.2, -0.15) is 0 Å². The van der Waals surface area contributed by atoms with E-state index < -0.39 is 0 Å². The van der Waals surface area contributed by atoms with Crippen LogP contribution in [0.4, 0.5) is 5.69 Å². The molecule has 0 aromatic heterocycles. The standard InChI is InChI=1S/C10H15N3O3/c1-14-6-4-5(10(12)13)7(11)9(16-3)8(6)15-2/h4H,11H2,1-3H3,(H3,12,13). The zero-order valence-corrected chi connectivity index (χ0v) is 9.46. The Balaban J connectivity index is 3.54. The van der Waals surface area contributed by atoms with Gasteiger partial charge in [0, 0.05) is 5.56 Å². The number of nitrogen functional groups attached to an aromatic ring is 2. The summed E-state index contributed by atoms with van der Waals surface area (Å²) in [6, 6.07) is 1.54. The summed E-state index contributed by atoms with van der Waals surface area (Å²) in [5.41, 5.74) is 11.8. The van der Waals surface area contributed by atoms with Crippen molar-refractivity contribution in [1.82, 2.24) is 0 Å². The molecule has 0 fully saturated rings. The van der Waals surface area contributed by atoms with Gasteiger partial charge in [-0.05, 0) is 6.07 Å². The molecular weight excluding hydrogens is 210 g/mol. The van der Waals surface area contributed by atoms with Gasteiger partial charge in [0.25, 0.3) is 0 Å². The molecule has 1 aromatic carbocycles. The molecule has 0 atom stereocenters. The van der Waals surface area contributed by atoms with Crippen LogP contribution >= 0.6 is 0 Å². The van der Waals surface area contributed by atoms with E-state index in [-0.39, 0.29) is 11.5 Å². The number of anilines is 1. The molecule has 0 bridgehead atoms. The van der Waals surface area contributed by atoms with Crippen LogP contribution in [0.25, 0.3) is 0 Å². The van der Waals surface area contributed by atoms with Gasteiger partial charge in [-0.15, -0.1) is 0 Å². The molecule has 0 unspecified atom stereocenters. The van der Waals surface area contributed by atoms with Gasteiger partial charge < -0.3 is 25.7 Å². The fraction of sp³-hybridized carbons (Fsp3) is 0.300. The Bertz CT molecular complexity index is 418. The van der Waals surface area contributed by atoms with Crippen molar-refractivity contribution in [2.24, 2.45) is 5.73 Å². The van der Waals surface area contributed by atoms with Crippen LogP contribution in [0, 0.1) is 5.41 Å². The first-order chi connectivity index (χ1) is 7.56. The summed E-state index contributed by atoms with van der Waals surface area (Å²) in [6.07, 6.45) is 0. The lowest BCUT2D eigenvalue weighted by molar-refractivity contribution is 0.325. The normalized spacial score (nSPS) is 9.69. The van der Waals surface area contributed by atoms with Crippen LogP contribution in [0.2, 0.25) is 0 Å². The van der Waals surface area contributed by atoms with Gasteiger partial charge in [0.1, 0.15) is 5.84 Å². The molecule has 88 valence electrons. The molecule has 6 heteroatoms. The maximum absolute atomic E-state index is 7.39. The Morgan fingerprint density at radius 2 is 1.69 bits per heavy atom. The summed E-state index contributed by atoms with van der Waals surface area (Å²) in [4.78, 5) is 0. The third-order valence-corrected chi connectivity index (χ3v) is 2.16. The van der Waals surface area contributed by atoms with Crippen molar-refractivity contribution in [3.63, 3.8) is 0 Å². The molecule has 5 N–H and O–H groups in total. The fourth-order valence-corrected chi connectivity index (χ4v) is 1.40. The highest BCUT2D eigenvalue weighted by Gasteiger charge is 2.19. The van der Waals surface area contributed by atoms with E-state index >= 15 is 0 Å². The van der Waals surface area contributed by atoms with Crippen molar-refractivity contribution < 1.29 is 14.2 Å². The molecule has 0 spiro atoms. The van der Waals surface area contributed by atoms with Crippen LogP contribution in [0.3, 0.4) is 0 Å². The van der Waals surface area contributed by atoms with Crippen molar-refractivity contribution in [3.05, 3.63) is 11.6 Å². The average molecular weight is 225 g/mol. The number of hydrogen-bond donors (Lipinski definition) is 3. The lowest BCUT2D eigenvalue weighted by Crippen LogP contribution is -2.15. The van der Waals surface area contributed by atoms with E-state index in [0.717, 1.165) is 0 Å². The lowest BCUT2D eigenvalue weighted by Gasteiger charge is -2.16. The van der Waals surface area contributed by atoms with Crippen LogP contribution in [0.5, 0.6) is 17.2 Å². The van der Waals surface area contributed by atoms with Gasteiger partial charge in [0.15, 0.2) is 11.5 Å². The summed E-state index contributed by atoms with van der Waals surface area (Å²) < 4.78 is 15.4. The Morgan fingerprint density at radius 3 is 2.06 bits per heavy atom. The van der Waals surface area contributed by atoms with Crippen LogP contribution in [0.1, 0.15) is 5.56 Å². The van der Waals surface area contributed by atoms with Gasteiger partial charge in [0.2, 0.25) is 5.75 Å². The molecule has 1 rings (SSSR count). The van der Waals surface area contributed by atoms with E-state index in [1.54, 1.807) is 6.07 Å². The minimum absolute atomic E-state index is 0.156. The third kappa shape index (κ3) is 1.81. The first-order valence-electron chi connectivity index (χ1n) is 4.49. The quantitative estimate of drug-likeness (QED) is 0.395. The van der Waals surface area contributed by atoms with Gasteiger partial charge >= 0.3 is 0 Å². The van der Waals surface area contributed by atoms with Crippen molar-refractivity contribution in [2.75, 3.05) is 27.1 Å². The Morgan fingerprint density at radius 1 is 1.12 bits per heavy atom. The number of methoxy groups -OCH3 is 3. The van der Waals surface area contributed by atoms with Crippen LogP contribution in [0.15, 0.2) is 6.07 Å². The second kappa shape index (κ2) is 4.61. The maximum atomic E-state index is 7.39. The molecule has 0 saturated carbocycles. The van der Waals surface area contributed by atoms with Crippen molar-refractivity contribution in [3.8, 4) is 17.2 Å². The summed E-state index contributed by atoms with van der Waals surface area (Å²) in [6.45, 7) is 0. The number of nitrogens with two attached hydrogens (primary N) is 2. The highest BCUT2D eigenvalue weighted by Crippen LogP contribution is 2.43. The van der Waals surface area contributed by atoms with Crippen molar-refractivity contribution >= 4 is 11.5 Å². The minimum Gasteiger partial charge on any atom is -0.493 e. The van der Waals surface area contributed by atoms with Gasteiger partial charge in [0.05, 0.1) is 27.0 Å². The number of benzene rings is 1. The van der Waals surface area contributed by atoms with E-state index in [4.69, 9.17) is 31.1 Å². The van der Waals surface area contributed by atoms with Crippen molar-refractivity contribution in [2.45, 2.75) is 0 Å². The van der Waals surface area contributed by atoms with Crippen LogP contribution < -0.4 is 25.7 Å². The molecule has 0 amide bonds. The highest BCUT2D eigenvalue weighted by molar-refractivity contribution is 6.02. The second-order valence-corrected chi connectivity index (χ2v) is 3.02.